The number of aromatic nitrogens is 4. The number of halogens is 2. The van der Waals surface area contributed by atoms with Gasteiger partial charge in [0, 0.05) is 58.4 Å². The van der Waals surface area contributed by atoms with E-state index in [0.29, 0.717) is 35.1 Å². The minimum absolute atomic E-state index is 0.0659. The molecule has 0 radical (unpaired) electrons. The molecule has 3 aromatic rings. The molecule has 0 amide bonds. The largest absolute Gasteiger partial charge is 0.363 e. The predicted molar refractivity (Wildman–Crippen MR) is 107 cm³/mol. The fourth-order valence-electron chi connectivity index (χ4n) is 3.15. The third kappa shape index (κ3) is 3.62. The first-order valence-corrected chi connectivity index (χ1v) is 10.8. The molecule has 0 bridgehead atoms. The molecule has 2 N–H and O–H groups in total. The molecule has 4 heterocycles. The van der Waals surface area contributed by atoms with Crippen molar-refractivity contribution < 1.29 is 8.60 Å². The summed E-state index contributed by atoms with van der Waals surface area (Å²) in [5.74, 6) is 3.64. The van der Waals surface area contributed by atoms with Gasteiger partial charge in [-0.2, -0.15) is 0 Å². The molecular weight excluding hydrogens is 391 g/mol. The van der Waals surface area contributed by atoms with E-state index in [0.717, 1.165) is 18.0 Å². The molecule has 0 spiro atoms. The summed E-state index contributed by atoms with van der Waals surface area (Å²) in [4.78, 5) is 15.7. The molecule has 0 aliphatic carbocycles. The van der Waals surface area contributed by atoms with Crippen molar-refractivity contribution in [3.05, 3.63) is 35.5 Å². The van der Waals surface area contributed by atoms with Crippen LogP contribution in [0.15, 0.2) is 24.7 Å². The summed E-state index contributed by atoms with van der Waals surface area (Å²) in [6.07, 6.45) is 6.74. The first kappa shape index (κ1) is 18.1. The van der Waals surface area contributed by atoms with Gasteiger partial charge in [-0.3, -0.25) is 4.21 Å². The maximum atomic E-state index is 14.3. The van der Waals surface area contributed by atoms with Gasteiger partial charge in [0.15, 0.2) is 17.5 Å². The number of pyridine rings is 1. The number of rotatable bonds is 4. The third-order valence-corrected chi connectivity index (χ3v) is 6.15. The Morgan fingerprint density at radius 3 is 3.00 bits per heavy atom. The van der Waals surface area contributed by atoms with Gasteiger partial charge in [-0.25, -0.2) is 23.6 Å². The fourth-order valence-corrected chi connectivity index (χ4v) is 4.30. The molecule has 27 heavy (non-hydrogen) atoms. The highest BCUT2D eigenvalue weighted by Crippen LogP contribution is 2.28. The number of nitrogens with zero attached hydrogens (tertiary/aromatic N) is 4. The SMILES string of the molecule is C=S(C)(=O)N1CC[C@H](Nc2nc(-c3c[nH]c4ncc(Cl)cc34)ncc2F)C1. The van der Waals surface area contributed by atoms with Crippen LogP contribution in [0.2, 0.25) is 5.02 Å². The summed E-state index contributed by atoms with van der Waals surface area (Å²) >= 11 is 6.03. The molecule has 1 aliphatic heterocycles. The lowest BCUT2D eigenvalue weighted by Gasteiger charge is -2.18. The number of fused-ring (bicyclic) bond motifs is 1. The number of hydrogen-bond acceptors (Lipinski definition) is 5. The molecule has 10 heteroatoms. The molecule has 4 rings (SSSR count). The summed E-state index contributed by atoms with van der Waals surface area (Å²) in [5.41, 5.74) is 1.34. The van der Waals surface area contributed by atoms with Gasteiger partial charge in [0.2, 0.25) is 0 Å². The van der Waals surface area contributed by atoms with Gasteiger partial charge in [0.1, 0.15) is 5.65 Å². The van der Waals surface area contributed by atoms with E-state index in [1.54, 1.807) is 29.0 Å². The summed E-state index contributed by atoms with van der Waals surface area (Å²) in [6.45, 7) is 1.16. The van der Waals surface area contributed by atoms with Crippen molar-refractivity contribution in [2.75, 3.05) is 24.7 Å². The third-order valence-electron chi connectivity index (χ3n) is 4.52. The molecule has 1 fully saturated rings. The quantitative estimate of drug-likeness (QED) is 0.648. The van der Waals surface area contributed by atoms with Crippen molar-refractivity contribution in [2.24, 2.45) is 0 Å². The van der Waals surface area contributed by atoms with Gasteiger partial charge in [-0.05, 0) is 18.4 Å². The van der Waals surface area contributed by atoms with Gasteiger partial charge < -0.3 is 10.3 Å². The minimum atomic E-state index is -2.27. The first-order valence-electron chi connectivity index (χ1n) is 8.30. The lowest BCUT2D eigenvalue weighted by atomic mass is 10.2. The molecule has 3 aromatic heterocycles. The number of nitrogens with one attached hydrogen (secondary N) is 2. The van der Waals surface area contributed by atoms with Gasteiger partial charge >= 0.3 is 0 Å². The molecule has 7 nitrogen and oxygen atoms in total. The van der Waals surface area contributed by atoms with Crippen molar-refractivity contribution in [1.29, 1.82) is 0 Å². The molecule has 0 saturated carbocycles. The summed E-state index contributed by atoms with van der Waals surface area (Å²) in [6, 6.07) is 1.69. The highest BCUT2D eigenvalue weighted by Gasteiger charge is 2.27. The topological polar surface area (TPSA) is 86.8 Å². The minimum Gasteiger partial charge on any atom is -0.363 e. The Morgan fingerprint density at radius 1 is 1.44 bits per heavy atom. The van der Waals surface area contributed by atoms with Crippen LogP contribution in [0.5, 0.6) is 0 Å². The van der Waals surface area contributed by atoms with E-state index in [2.05, 4.69) is 31.1 Å². The van der Waals surface area contributed by atoms with E-state index in [1.165, 1.54) is 0 Å². The monoisotopic (exact) mass is 408 g/mol. The standard InChI is InChI=1S/C17H18ClFN6OS/c1-27(2,26)25-4-3-11(9-25)23-17-14(19)8-22-16(24-17)13-7-21-15-12(13)5-10(18)6-20-15/h5-8,11H,1,3-4,9H2,2H3,(H,20,21)(H,22,23,24)/t11-,27?/m0/s1. The Labute approximate surface area is 161 Å². The molecular formula is C17H18ClFN6OS. The van der Waals surface area contributed by atoms with Crippen LogP contribution in [-0.2, 0) is 9.71 Å². The lowest BCUT2D eigenvalue weighted by Crippen LogP contribution is -2.31. The highest BCUT2D eigenvalue weighted by atomic mass is 35.5. The van der Waals surface area contributed by atoms with Crippen LogP contribution in [0.25, 0.3) is 22.4 Å². The van der Waals surface area contributed by atoms with Crippen LogP contribution in [-0.4, -0.2) is 59.7 Å². The van der Waals surface area contributed by atoms with Gasteiger partial charge in [0.05, 0.1) is 11.2 Å². The van der Waals surface area contributed by atoms with Gasteiger partial charge in [-0.1, -0.05) is 11.6 Å². The van der Waals surface area contributed by atoms with E-state index >= 15 is 0 Å². The summed E-state index contributed by atoms with van der Waals surface area (Å²) < 4.78 is 28.1. The zero-order valence-electron chi connectivity index (χ0n) is 14.6. The van der Waals surface area contributed by atoms with Crippen molar-refractivity contribution in [1.82, 2.24) is 24.2 Å². The van der Waals surface area contributed by atoms with E-state index in [9.17, 15) is 8.60 Å². The molecule has 142 valence electrons. The number of aromatic amines is 1. The molecule has 0 aromatic carbocycles. The zero-order valence-corrected chi connectivity index (χ0v) is 16.1. The molecule has 1 aliphatic rings. The van der Waals surface area contributed by atoms with Crippen LogP contribution >= 0.6 is 11.6 Å². The second kappa shape index (κ2) is 6.74. The van der Waals surface area contributed by atoms with Crippen LogP contribution in [0.1, 0.15) is 6.42 Å². The van der Waals surface area contributed by atoms with E-state index in [4.69, 9.17) is 11.6 Å². The van der Waals surface area contributed by atoms with Gasteiger partial charge in [-0.15, -0.1) is 0 Å². The normalized spacial score (nSPS) is 20.0. The van der Waals surface area contributed by atoms with Crippen molar-refractivity contribution >= 4 is 44.0 Å². The van der Waals surface area contributed by atoms with Crippen LogP contribution in [0.4, 0.5) is 10.2 Å². The van der Waals surface area contributed by atoms with Crippen molar-refractivity contribution in [3.63, 3.8) is 0 Å². The van der Waals surface area contributed by atoms with Crippen LogP contribution in [0.3, 0.4) is 0 Å². The number of hydrogen-bond donors (Lipinski definition) is 2. The molecule has 1 saturated heterocycles. The maximum Gasteiger partial charge on any atom is 0.183 e. The second-order valence-corrected chi connectivity index (χ2v) is 9.49. The zero-order chi connectivity index (χ0) is 19.2. The van der Waals surface area contributed by atoms with Crippen LogP contribution < -0.4 is 5.32 Å². The highest BCUT2D eigenvalue weighted by molar-refractivity contribution is 7.97. The fraction of sp³-hybridized carbons (Fsp3) is 0.294. The van der Waals surface area contributed by atoms with E-state index in [-0.39, 0.29) is 11.9 Å². The van der Waals surface area contributed by atoms with Crippen molar-refractivity contribution in [3.8, 4) is 11.4 Å². The molecule has 2 atom stereocenters. The Balaban J connectivity index is 1.63. The van der Waals surface area contributed by atoms with E-state index in [1.807, 2.05) is 0 Å². The van der Waals surface area contributed by atoms with Crippen molar-refractivity contribution in [2.45, 2.75) is 12.5 Å². The smallest absolute Gasteiger partial charge is 0.183 e. The Bertz CT molecular complexity index is 1120. The second-order valence-electron chi connectivity index (χ2n) is 6.62. The maximum absolute atomic E-state index is 14.3. The summed E-state index contributed by atoms with van der Waals surface area (Å²) in [5, 5.41) is 4.35. The average Bonchev–Trinajstić information content (AvgIpc) is 3.23. The Kier molecular flexibility index (Phi) is 4.53. The average molecular weight is 409 g/mol. The molecule has 1 unspecified atom stereocenters. The first-order chi connectivity index (χ1) is 12.8. The number of H-pyrrole nitrogens is 1. The lowest BCUT2D eigenvalue weighted by molar-refractivity contribution is 0.531. The van der Waals surface area contributed by atoms with E-state index < -0.39 is 15.5 Å². The Morgan fingerprint density at radius 2 is 2.26 bits per heavy atom. The van der Waals surface area contributed by atoms with Crippen LogP contribution in [0, 0.1) is 5.82 Å². The predicted octanol–water partition coefficient (Wildman–Crippen LogP) is 2.56. The number of anilines is 1. The summed E-state index contributed by atoms with van der Waals surface area (Å²) in [7, 11) is -2.27. The van der Waals surface area contributed by atoms with Gasteiger partial charge in [0.25, 0.3) is 0 Å². The Hall–Kier alpha value is -2.23.